The lowest BCUT2D eigenvalue weighted by Gasteiger charge is -2.29. The molecule has 1 unspecified atom stereocenters. The van der Waals surface area contributed by atoms with Crippen LogP contribution >= 0.6 is 0 Å². The van der Waals surface area contributed by atoms with Crippen LogP contribution in [0.25, 0.3) is 0 Å². The Balaban J connectivity index is 2.04. The number of unbranched alkanes of at least 4 members (excludes halogenated alkanes) is 1. The summed E-state index contributed by atoms with van der Waals surface area (Å²) in [4.78, 5) is 13.9. The molecular formula is C14H28N2O2. The topological polar surface area (TPSA) is 41.6 Å². The first-order chi connectivity index (χ1) is 8.72. The zero-order chi connectivity index (χ0) is 13.2. The number of esters is 1. The van der Waals surface area contributed by atoms with Crippen LogP contribution in [0.3, 0.4) is 0 Å². The van der Waals surface area contributed by atoms with E-state index in [1.807, 2.05) is 0 Å². The monoisotopic (exact) mass is 256 g/mol. The Hall–Kier alpha value is -0.610. The third-order valence-electron chi connectivity index (χ3n) is 3.34. The average molecular weight is 256 g/mol. The maximum atomic E-state index is 11.4. The number of hydrogen-bond donors (Lipinski definition) is 1. The molecule has 0 spiro atoms. The highest BCUT2D eigenvalue weighted by Gasteiger charge is 2.13. The van der Waals surface area contributed by atoms with Gasteiger partial charge in [-0.25, -0.2) is 0 Å². The molecule has 18 heavy (non-hydrogen) atoms. The minimum absolute atomic E-state index is 0.131. The summed E-state index contributed by atoms with van der Waals surface area (Å²) in [6.45, 7) is 8.54. The van der Waals surface area contributed by atoms with Crippen LogP contribution in [0.5, 0.6) is 0 Å². The first-order valence-corrected chi connectivity index (χ1v) is 7.33. The van der Waals surface area contributed by atoms with Gasteiger partial charge in [0.25, 0.3) is 0 Å². The second-order valence-electron chi connectivity index (χ2n) is 5.22. The number of likely N-dealkylation sites (tertiary alicyclic amines) is 1. The molecule has 1 saturated heterocycles. The molecule has 1 rings (SSSR count). The Morgan fingerprint density at radius 1 is 1.33 bits per heavy atom. The molecule has 1 atom stereocenters. The average Bonchev–Trinajstić information content (AvgIpc) is 2.38. The van der Waals surface area contributed by atoms with Crippen molar-refractivity contribution in [2.75, 3.05) is 32.8 Å². The second kappa shape index (κ2) is 9.34. The van der Waals surface area contributed by atoms with Gasteiger partial charge in [0, 0.05) is 12.6 Å². The minimum atomic E-state index is -0.131. The summed E-state index contributed by atoms with van der Waals surface area (Å²) in [6, 6.07) is 0.349. The molecule has 0 aromatic carbocycles. The van der Waals surface area contributed by atoms with Crippen LogP contribution in [-0.2, 0) is 9.53 Å². The predicted molar refractivity (Wildman–Crippen MR) is 73.6 cm³/mol. The molecule has 1 heterocycles. The Labute approximate surface area is 111 Å². The van der Waals surface area contributed by atoms with Crippen molar-refractivity contribution in [3.8, 4) is 0 Å². The molecule has 0 radical (unpaired) electrons. The van der Waals surface area contributed by atoms with Gasteiger partial charge in [-0.2, -0.15) is 0 Å². The largest absolute Gasteiger partial charge is 0.465 e. The molecule has 4 nitrogen and oxygen atoms in total. The first kappa shape index (κ1) is 15.4. The van der Waals surface area contributed by atoms with Crippen molar-refractivity contribution in [2.45, 2.75) is 52.0 Å². The molecule has 1 N–H and O–H groups in total. The molecule has 0 bridgehead atoms. The van der Waals surface area contributed by atoms with Crippen LogP contribution in [-0.4, -0.2) is 49.7 Å². The summed E-state index contributed by atoms with van der Waals surface area (Å²) < 4.78 is 5.11. The molecule has 1 aliphatic rings. The van der Waals surface area contributed by atoms with E-state index in [-0.39, 0.29) is 5.97 Å². The number of nitrogens with one attached hydrogen (secondary N) is 1. The van der Waals surface area contributed by atoms with E-state index in [0.29, 0.717) is 19.2 Å². The lowest BCUT2D eigenvalue weighted by atomic mass is 10.1. The third-order valence-corrected chi connectivity index (χ3v) is 3.34. The summed E-state index contributed by atoms with van der Waals surface area (Å²) in [5.74, 6) is -0.131. The van der Waals surface area contributed by atoms with Gasteiger partial charge in [-0.3, -0.25) is 4.79 Å². The third kappa shape index (κ3) is 6.97. The first-order valence-electron chi connectivity index (χ1n) is 7.33. The van der Waals surface area contributed by atoms with Gasteiger partial charge < -0.3 is 15.0 Å². The summed E-state index contributed by atoms with van der Waals surface area (Å²) >= 11 is 0. The molecule has 0 aliphatic carbocycles. The number of piperidine rings is 1. The van der Waals surface area contributed by atoms with Crippen LogP contribution in [0.15, 0.2) is 0 Å². The normalized spacial score (nSPS) is 18.6. The van der Waals surface area contributed by atoms with Gasteiger partial charge in [-0.1, -0.05) is 19.8 Å². The molecule has 0 aromatic heterocycles. The minimum Gasteiger partial charge on any atom is -0.465 e. The molecule has 1 fully saturated rings. The number of hydrogen-bond acceptors (Lipinski definition) is 4. The second-order valence-corrected chi connectivity index (χ2v) is 5.22. The standard InChI is InChI=1S/C14H28N2O2/c1-3-4-10-18-14(17)11-15-13(2)12-16-8-6-5-7-9-16/h13,15H,3-12H2,1-2H3. The molecular weight excluding hydrogens is 228 g/mol. The number of rotatable bonds is 8. The number of nitrogens with zero attached hydrogens (tertiary/aromatic N) is 1. The Kier molecular flexibility index (Phi) is 8.01. The lowest BCUT2D eigenvalue weighted by molar-refractivity contribution is -0.142. The van der Waals surface area contributed by atoms with E-state index < -0.39 is 0 Å². The maximum absolute atomic E-state index is 11.4. The van der Waals surface area contributed by atoms with Crippen LogP contribution in [0, 0.1) is 0 Å². The summed E-state index contributed by atoms with van der Waals surface area (Å²) in [6.07, 6.45) is 6.00. The number of ether oxygens (including phenoxy) is 1. The van der Waals surface area contributed by atoms with Crippen molar-refractivity contribution in [3.05, 3.63) is 0 Å². The summed E-state index contributed by atoms with van der Waals surface area (Å²) in [7, 11) is 0. The van der Waals surface area contributed by atoms with E-state index in [2.05, 4.69) is 24.1 Å². The molecule has 0 saturated carbocycles. The predicted octanol–water partition coefficient (Wildman–Crippen LogP) is 1.79. The van der Waals surface area contributed by atoms with Crippen molar-refractivity contribution >= 4 is 5.97 Å². The van der Waals surface area contributed by atoms with E-state index in [0.717, 1.165) is 19.4 Å². The zero-order valence-electron chi connectivity index (χ0n) is 11.9. The van der Waals surface area contributed by atoms with Crippen LogP contribution in [0.1, 0.15) is 46.0 Å². The molecule has 4 heteroatoms. The van der Waals surface area contributed by atoms with E-state index in [4.69, 9.17) is 4.74 Å². The highest BCUT2D eigenvalue weighted by Crippen LogP contribution is 2.08. The fraction of sp³-hybridized carbons (Fsp3) is 0.929. The summed E-state index contributed by atoms with van der Waals surface area (Å²) in [5.41, 5.74) is 0. The van der Waals surface area contributed by atoms with Crippen LogP contribution in [0.2, 0.25) is 0 Å². The highest BCUT2D eigenvalue weighted by molar-refractivity contribution is 5.71. The lowest BCUT2D eigenvalue weighted by Crippen LogP contribution is -2.43. The van der Waals surface area contributed by atoms with Crippen molar-refractivity contribution in [2.24, 2.45) is 0 Å². The summed E-state index contributed by atoms with van der Waals surface area (Å²) in [5, 5.41) is 3.24. The Morgan fingerprint density at radius 2 is 2.06 bits per heavy atom. The van der Waals surface area contributed by atoms with Gasteiger partial charge in [-0.15, -0.1) is 0 Å². The molecule has 0 amide bonds. The van der Waals surface area contributed by atoms with Gasteiger partial charge >= 0.3 is 5.97 Å². The molecule has 106 valence electrons. The van der Waals surface area contributed by atoms with Crippen LogP contribution < -0.4 is 5.32 Å². The van der Waals surface area contributed by atoms with E-state index in [1.165, 1.54) is 32.4 Å². The zero-order valence-corrected chi connectivity index (χ0v) is 11.9. The highest BCUT2D eigenvalue weighted by atomic mass is 16.5. The Bertz CT molecular complexity index is 228. The van der Waals surface area contributed by atoms with Gasteiger partial charge in [-0.05, 0) is 39.3 Å². The fourth-order valence-electron chi connectivity index (χ4n) is 2.23. The number of carbonyl (C=O) groups excluding carboxylic acids is 1. The van der Waals surface area contributed by atoms with Gasteiger partial charge in [0.2, 0.25) is 0 Å². The van der Waals surface area contributed by atoms with Crippen LogP contribution in [0.4, 0.5) is 0 Å². The van der Waals surface area contributed by atoms with Gasteiger partial charge in [0.05, 0.1) is 13.2 Å². The fourth-order valence-corrected chi connectivity index (χ4v) is 2.23. The van der Waals surface area contributed by atoms with Crippen molar-refractivity contribution in [3.63, 3.8) is 0 Å². The number of carbonyl (C=O) groups is 1. The van der Waals surface area contributed by atoms with E-state index in [9.17, 15) is 4.79 Å². The van der Waals surface area contributed by atoms with Gasteiger partial charge in [0.15, 0.2) is 0 Å². The molecule has 1 aliphatic heterocycles. The maximum Gasteiger partial charge on any atom is 0.319 e. The SMILES string of the molecule is CCCCOC(=O)CNC(C)CN1CCCCC1. The van der Waals surface area contributed by atoms with E-state index in [1.54, 1.807) is 0 Å². The molecule has 0 aromatic rings. The van der Waals surface area contributed by atoms with Crippen molar-refractivity contribution in [1.82, 2.24) is 10.2 Å². The van der Waals surface area contributed by atoms with Gasteiger partial charge in [0.1, 0.15) is 0 Å². The van der Waals surface area contributed by atoms with Crippen molar-refractivity contribution < 1.29 is 9.53 Å². The van der Waals surface area contributed by atoms with Crippen molar-refractivity contribution in [1.29, 1.82) is 0 Å². The Morgan fingerprint density at radius 3 is 2.72 bits per heavy atom. The smallest absolute Gasteiger partial charge is 0.319 e. The quantitative estimate of drug-likeness (QED) is 0.531. The van der Waals surface area contributed by atoms with E-state index >= 15 is 0 Å².